The lowest BCUT2D eigenvalue weighted by atomic mass is 10.1. The summed E-state index contributed by atoms with van der Waals surface area (Å²) in [5.74, 6) is 1.62. The van der Waals surface area contributed by atoms with E-state index in [9.17, 15) is 4.79 Å². The molecular formula is C18H37NOS. The standard InChI is InChI=1S/C12H17NOS.3C2H6.H2/c1-2-10-4-3-5-11(6-10)8-15-9-12(13)7-14;3*1-2;/h3-7,12H,2,8-9,13H2,1H3;3*1-2H3;1H/t12-;;;;/m1..../s1. The molecule has 0 aliphatic rings. The number of aryl methyl sites for hydroxylation is 1. The van der Waals surface area contributed by atoms with Crippen LogP contribution in [0, 0.1) is 0 Å². The van der Waals surface area contributed by atoms with Gasteiger partial charge in [-0.15, -0.1) is 0 Å². The van der Waals surface area contributed by atoms with Crippen LogP contribution in [-0.4, -0.2) is 18.1 Å². The molecule has 1 aromatic rings. The maximum atomic E-state index is 10.3. The third-order valence-electron chi connectivity index (χ3n) is 2.15. The highest BCUT2D eigenvalue weighted by atomic mass is 32.2. The van der Waals surface area contributed by atoms with Crippen molar-refractivity contribution in [3.8, 4) is 0 Å². The highest BCUT2D eigenvalue weighted by Crippen LogP contribution is 2.14. The van der Waals surface area contributed by atoms with Crippen molar-refractivity contribution in [2.75, 3.05) is 5.75 Å². The first-order valence-electron chi connectivity index (χ1n) is 8.12. The van der Waals surface area contributed by atoms with Gasteiger partial charge in [0.1, 0.15) is 6.29 Å². The van der Waals surface area contributed by atoms with Crippen molar-refractivity contribution >= 4 is 18.0 Å². The number of rotatable bonds is 6. The van der Waals surface area contributed by atoms with Crippen molar-refractivity contribution in [2.45, 2.75) is 66.7 Å². The van der Waals surface area contributed by atoms with Gasteiger partial charge in [0.15, 0.2) is 0 Å². The Labute approximate surface area is 138 Å². The number of carbonyl (C=O) groups is 1. The van der Waals surface area contributed by atoms with E-state index < -0.39 is 0 Å². The number of benzene rings is 1. The van der Waals surface area contributed by atoms with Gasteiger partial charge >= 0.3 is 0 Å². The lowest BCUT2D eigenvalue weighted by molar-refractivity contribution is -0.108. The van der Waals surface area contributed by atoms with E-state index in [1.54, 1.807) is 11.8 Å². The summed E-state index contributed by atoms with van der Waals surface area (Å²) in [5, 5.41) is 0. The smallest absolute Gasteiger partial charge is 0.137 e. The largest absolute Gasteiger partial charge is 0.321 e. The summed E-state index contributed by atoms with van der Waals surface area (Å²) >= 11 is 1.70. The van der Waals surface area contributed by atoms with E-state index in [0.29, 0.717) is 5.75 Å². The second-order valence-corrected chi connectivity index (χ2v) is 4.52. The van der Waals surface area contributed by atoms with Crippen molar-refractivity contribution in [1.82, 2.24) is 0 Å². The zero-order valence-corrected chi connectivity index (χ0v) is 15.8. The van der Waals surface area contributed by atoms with E-state index in [0.717, 1.165) is 18.5 Å². The van der Waals surface area contributed by atoms with Crippen molar-refractivity contribution < 1.29 is 6.22 Å². The van der Waals surface area contributed by atoms with Gasteiger partial charge in [-0.05, 0) is 17.5 Å². The first-order chi connectivity index (χ1) is 10.3. The molecule has 0 spiro atoms. The summed E-state index contributed by atoms with van der Waals surface area (Å²) in [6, 6.07) is 8.20. The third-order valence-corrected chi connectivity index (χ3v) is 3.31. The van der Waals surface area contributed by atoms with E-state index in [2.05, 4.69) is 31.2 Å². The average molecular weight is 316 g/mol. The summed E-state index contributed by atoms with van der Waals surface area (Å²) < 4.78 is 0. The zero-order valence-electron chi connectivity index (χ0n) is 15.0. The van der Waals surface area contributed by atoms with Gasteiger partial charge in [-0.1, -0.05) is 72.7 Å². The molecule has 0 aliphatic carbocycles. The molecule has 2 nitrogen and oxygen atoms in total. The maximum Gasteiger partial charge on any atom is 0.137 e. The molecule has 0 fully saturated rings. The Morgan fingerprint density at radius 3 is 2.14 bits per heavy atom. The molecule has 0 amide bonds. The SMILES string of the molecule is CC.CC.CC.CCc1cccc(CSC[C@H](N)C=O)c1.[HH]. The minimum atomic E-state index is -0.329. The van der Waals surface area contributed by atoms with E-state index in [4.69, 9.17) is 5.73 Å². The lowest BCUT2D eigenvalue weighted by Crippen LogP contribution is -2.24. The fourth-order valence-electron chi connectivity index (χ4n) is 1.29. The summed E-state index contributed by atoms with van der Waals surface area (Å²) in [6.45, 7) is 14.1. The van der Waals surface area contributed by atoms with Crippen LogP contribution < -0.4 is 5.73 Å². The van der Waals surface area contributed by atoms with Crippen LogP contribution in [0.4, 0.5) is 0 Å². The molecule has 3 heteroatoms. The number of hydrogen-bond acceptors (Lipinski definition) is 3. The summed E-state index contributed by atoms with van der Waals surface area (Å²) in [7, 11) is 0. The van der Waals surface area contributed by atoms with Gasteiger partial charge in [-0.3, -0.25) is 0 Å². The van der Waals surface area contributed by atoms with Crippen molar-refractivity contribution in [3.05, 3.63) is 35.4 Å². The fourth-order valence-corrected chi connectivity index (χ4v) is 2.18. The van der Waals surface area contributed by atoms with E-state index >= 15 is 0 Å². The summed E-state index contributed by atoms with van der Waals surface area (Å²) in [6.07, 6.45) is 1.86. The van der Waals surface area contributed by atoms with E-state index in [1.165, 1.54) is 11.1 Å². The molecular weight excluding hydrogens is 278 g/mol. The van der Waals surface area contributed by atoms with Crippen LogP contribution in [0.3, 0.4) is 0 Å². The number of carbonyl (C=O) groups excluding carboxylic acids is 1. The second-order valence-electron chi connectivity index (χ2n) is 3.49. The second kappa shape index (κ2) is 21.5. The quantitative estimate of drug-likeness (QED) is 0.721. The molecule has 126 valence electrons. The predicted octanol–water partition coefficient (Wildman–Crippen LogP) is 5.33. The number of aldehydes is 1. The fraction of sp³-hybridized carbons (Fsp3) is 0.611. The highest BCUT2D eigenvalue weighted by molar-refractivity contribution is 7.98. The Morgan fingerprint density at radius 1 is 1.14 bits per heavy atom. The highest BCUT2D eigenvalue weighted by Gasteiger charge is 2.00. The van der Waals surface area contributed by atoms with Gasteiger partial charge in [-0.25, -0.2) is 0 Å². The van der Waals surface area contributed by atoms with Crippen LogP contribution in [0.5, 0.6) is 0 Å². The van der Waals surface area contributed by atoms with E-state index in [-0.39, 0.29) is 7.47 Å². The zero-order chi connectivity index (χ0) is 17.1. The van der Waals surface area contributed by atoms with Crippen LogP contribution in [0.15, 0.2) is 24.3 Å². The van der Waals surface area contributed by atoms with Crippen LogP contribution in [0.25, 0.3) is 0 Å². The average Bonchev–Trinajstić information content (AvgIpc) is 2.60. The van der Waals surface area contributed by atoms with Crippen LogP contribution in [0.1, 0.15) is 61.0 Å². The molecule has 1 atom stereocenters. The van der Waals surface area contributed by atoms with Gasteiger partial charge in [0.25, 0.3) is 0 Å². The van der Waals surface area contributed by atoms with Crippen molar-refractivity contribution in [2.24, 2.45) is 5.73 Å². The van der Waals surface area contributed by atoms with Gasteiger partial charge in [0.05, 0.1) is 6.04 Å². The molecule has 1 rings (SSSR count). The molecule has 0 saturated carbocycles. The molecule has 0 aliphatic heterocycles. The van der Waals surface area contributed by atoms with Gasteiger partial charge in [0, 0.05) is 12.9 Å². The van der Waals surface area contributed by atoms with Gasteiger partial charge < -0.3 is 10.5 Å². The third kappa shape index (κ3) is 15.4. The Balaban J connectivity index is -0.000000206. The Hall–Kier alpha value is -0.800. The maximum absolute atomic E-state index is 10.3. The predicted molar refractivity (Wildman–Crippen MR) is 102 cm³/mol. The summed E-state index contributed by atoms with van der Waals surface area (Å²) in [5.41, 5.74) is 8.16. The minimum Gasteiger partial charge on any atom is -0.321 e. The molecule has 1 aromatic carbocycles. The van der Waals surface area contributed by atoms with Crippen molar-refractivity contribution in [1.29, 1.82) is 0 Å². The van der Waals surface area contributed by atoms with Gasteiger partial charge in [-0.2, -0.15) is 11.8 Å². The number of nitrogens with two attached hydrogens (primary N) is 1. The number of thioether (sulfide) groups is 1. The molecule has 0 heterocycles. The summed E-state index contributed by atoms with van der Waals surface area (Å²) in [4.78, 5) is 10.3. The Morgan fingerprint density at radius 2 is 1.67 bits per heavy atom. The molecule has 21 heavy (non-hydrogen) atoms. The monoisotopic (exact) mass is 315 g/mol. The Bertz CT molecular complexity index is 322. The molecule has 0 aromatic heterocycles. The molecule has 2 N–H and O–H groups in total. The minimum absolute atomic E-state index is 0. The van der Waals surface area contributed by atoms with Gasteiger partial charge in [0.2, 0.25) is 0 Å². The normalized spacial score (nSPS) is 9.71. The Kier molecular flexibility index (Phi) is 25.8. The molecule has 0 bridgehead atoms. The first kappa shape index (κ1) is 25.2. The van der Waals surface area contributed by atoms with Crippen LogP contribution >= 0.6 is 11.8 Å². The van der Waals surface area contributed by atoms with Crippen LogP contribution in [0.2, 0.25) is 0 Å². The molecule has 0 saturated heterocycles. The number of hydrogen-bond donors (Lipinski definition) is 1. The topological polar surface area (TPSA) is 43.1 Å². The first-order valence-corrected chi connectivity index (χ1v) is 9.28. The lowest BCUT2D eigenvalue weighted by Gasteiger charge is -2.05. The molecule has 0 radical (unpaired) electrons. The van der Waals surface area contributed by atoms with Crippen molar-refractivity contribution in [3.63, 3.8) is 0 Å². The molecule has 0 unspecified atom stereocenters. The van der Waals surface area contributed by atoms with Crippen LogP contribution in [-0.2, 0) is 17.0 Å². The van der Waals surface area contributed by atoms with E-state index in [1.807, 2.05) is 41.5 Å².